The number of carbonyl (C=O) groups is 1. The third-order valence-corrected chi connectivity index (χ3v) is 6.99. The highest BCUT2D eigenvalue weighted by molar-refractivity contribution is 7.90. The molecule has 0 spiro atoms. The molecule has 0 saturated heterocycles. The van der Waals surface area contributed by atoms with Gasteiger partial charge in [0.05, 0.1) is 17.1 Å². The van der Waals surface area contributed by atoms with Gasteiger partial charge in [0.25, 0.3) is 10.0 Å². The zero-order chi connectivity index (χ0) is 22.1. The zero-order valence-corrected chi connectivity index (χ0v) is 19.5. The van der Waals surface area contributed by atoms with Crippen LogP contribution >= 0.6 is 12.4 Å². The van der Waals surface area contributed by atoms with Crippen molar-refractivity contribution in [3.63, 3.8) is 0 Å². The SMILES string of the molecule is Cc1c(C)c(S(=O)(=O)NC(=N)NCCC[C@H](N)C(=O)O)c(C)c2c1C(C)(C)OC2.Cl. The van der Waals surface area contributed by atoms with Crippen molar-refractivity contribution in [1.29, 1.82) is 5.41 Å². The first-order chi connectivity index (χ1) is 13.3. The van der Waals surface area contributed by atoms with Gasteiger partial charge < -0.3 is 20.9 Å². The van der Waals surface area contributed by atoms with Gasteiger partial charge in [0.2, 0.25) is 5.96 Å². The van der Waals surface area contributed by atoms with Gasteiger partial charge in [-0.3, -0.25) is 10.2 Å². The molecular weight excluding hydrogens is 432 g/mol. The average Bonchev–Trinajstić information content (AvgIpc) is 2.91. The second-order valence-electron chi connectivity index (χ2n) is 7.85. The van der Waals surface area contributed by atoms with E-state index in [0.717, 1.165) is 16.7 Å². The van der Waals surface area contributed by atoms with Gasteiger partial charge in [0, 0.05) is 6.54 Å². The molecule has 6 N–H and O–H groups in total. The summed E-state index contributed by atoms with van der Waals surface area (Å²) in [5.41, 5.74) is 8.97. The second-order valence-corrected chi connectivity index (χ2v) is 9.47. The van der Waals surface area contributed by atoms with E-state index in [1.807, 2.05) is 20.8 Å². The van der Waals surface area contributed by atoms with E-state index in [4.69, 9.17) is 21.0 Å². The first kappa shape index (κ1) is 26.2. The summed E-state index contributed by atoms with van der Waals surface area (Å²) in [6.45, 7) is 9.91. The maximum absolute atomic E-state index is 13.0. The molecule has 0 unspecified atom stereocenters. The van der Waals surface area contributed by atoms with Crippen LogP contribution in [0.4, 0.5) is 0 Å². The quantitative estimate of drug-likeness (QED) is 0.235. The molecule has 0 amide bonds. The van der Waals surface area contributed by atoms with Crippen LogP contribution in [0.25, 0.3) is 0 Å². The lowest BCUT2D eigenvalue weighted by atomic mass is 9.87. The van der Waals surface area contributed by atoms with Crippen molar-refractivity contribution in [2.24, 2.45) is 5.73 Å². The molecular formula is C19H31ClN4O5S. The van der Waals surface area contributed by atoms with Crippen LogP contribution in [-0.2, 0) is 31.8 Å². The monoisotopic (exact) mass is 462 g/mol. The Kier molecular flexibility index (Phi) is 8.29. The van der Waals surface area contributed by atoms with Crippen LogP contribution in [-0.4, -0.2) is 38.0 Å². The van der Waals surface area contributed by atoms with Crippen molar-refractivity contribution >= 4 is 34.4 Å². The molecule has 0 radical (unpaired) electrons. The van der Waals surface area contributed by atoms with Gasteiger partial charge in [-0.25, -0.2) is 13.1 Å². The molecule has 170 valence electrons. The molecule has 1 heterocycles. The van der Waals surface area contributed by atoms with Crippen molar-refractivity contribution in [1.82, 2.24) is 10.0 Å². The molecule has 9 nitrogen and oxygen atoms in total. The van der Waals surface area contributed by atoms with E-state index in [1.54, 1.807) is 13.8 Å². The van der Waals surface area contributed by atoms with E-state index < -0.39 is 27.6 Å². The topological polar surface area (TPSA) is 155 Å². The van der Waals surface area contributed by atoms with Crippen molar-refractivity contribution in [2.75, 3.05) is 6.54 Å². The van der Waals surface area contributed by atoms with Crippen LogP contribution in [0.3, 0.4) is 0 Å². The number of guanidine groups is 1. The molecule has 0 aliphatic carbocycles. The second kappa shape index (κ2) is 9.51. The Labute approximate surface area is 183 Å². The third-order valence-electron chi connectivity index (χ3n) is 5.37. The summed E-state index contributed by atoms with van der Waals surface area (Å²) in [6, 6.07) is -0.978. The lowest BCUT2D eigenvalue weighted by molar-refractivity contribution is -0.138. The number of benzene rings is 1. The van der Waals surface area contributed by atoms with Crippen LogP contribution in [0.1, 0.15) is 54.5 Å². The highest BCUT2D eigenvalue weighted by Crippen LogP contribution is 2.43. The summed E-state index contributed by atoms with van der Waals surface area (Å²) in [4.78, 5) is 10.9. The Bertz CT molecular complexity index is 947. The fraction of sp³-hybridized carbons (Fsp3) is 0.579. The fourth-order valence-electron chi connectivity index (χ4n) is 3.79. The van der Waals surface area contributed by atoms with Gasteiger partial charge >= 0.3 is 5.97 Å². The highest BCUT2D eigenvalue weighted by atomic mass is 35.5. The number of halogens is 1. The summed E-state index contributed by atoms with van der Waals surface area (Å²) in [5.74, 6) is -1.46. The smallest absolute Gasteiger partial charge is 0.320 e. The van der Waals surface area contributed by atoms with E-state index >= 15 is 0 Å². The largest absolute Gasteiger partial charge is 0.480 e. The first-order valence-corrected chi connectivity index (χ1v) is 10.9. The van der Waals surface area contributed by atoms with E-state index in [1.165, 1.54) is 0 Å². The Hall–Kier alpha value is -1.88. The molecule has 0 saturated carbocycles. The van der Waals surface area contributed by atoms with Crippen molar-refractivity contribution in [2.45, 2.75) is 70.6 Å². The summed E-state index contributed by atoms with van der Waals surface area (Å²) < 4.78 is 34.1. The Balaban J connectivity index is 0.00000450. The van der Waals surface area contributed by atoms with Gasteiger partial charge in [0.1, 0.15) is 6.04 Å². The zero-order valence-electron chi connectivity index (χ0n) is 17.9. The highest BCUT2D eigenvalue weighted by Gasteiger charge is 2.37. The third kappa shape index (κ3) is 5.23. The van der Waals surface area contributed by atoms with Crippen molar-refractivity contribution in [3.05, 3.63) is 27.8 Å². The van der Waals surface area contributed by atoms with Gasteiger partial charge in [-0.15, -0.1) is 12.4 Å². The van der Waals surface area contributed by atoms with Gasteiger partial charge in [0.15, 0.2) is 0 Å². The Morgan fingerprint density at radius 3 is 2.43 bits per heavy atom. The fourth-order valence-corrected chi connectivity index (χ4v) is 5.32. The van der Waals surface area contributed by atoms with Gasteiger partial charge in [-0.05, 0) is 75.3 Å². The lowest BCUT2D eigenvalue weighted by Crippen LogP contribution is -2.41. The minimum atomic E-state index is -3.98. The maximum Gasteiger partial charge on any atom is 0.320 e. The van der Waals surface area contributed by atoms with Crippen LogP contribution in [0.15, 0.2) is 4.90 Å². The van der Waals surface area contributed by atoms with E-state index in [-0.39, 0.29) is 36.2 Å². The number of ether oxygens (including phenoxy) is 1. The number of hydrogen-bond donors (Lipinski definition) is 5. The summed E-state index contributed by atoms with van der Waals surface area (Å²) in [5, 5.41) is 19.3. The molecule has 1 aromatic rings. The molecule has 0 bridgehead atoms. The van der Waals surface area contributed by atoms with E-state index in [2.05, 4.69) is 10.0 Å². The van der Waals surface area contributed by atoms with Crippen LogP contribution in [0.2, 0.25) is 0 Å². The predicted molar refractivity (Wildman–Crippen MR) is 117 cm³/mol. The molecule has 30 heavy (non-hydrogen) atoms. The maximum atomic E-state index is 13.0. The number of fused-ring (bicyclic) bond motifs is 1. The number of nitrogens with two attached hydrogens (primary N) is 1. The Morgan fingerprint density at radius 1 is 1.27 bits per heavy atom. The molecule has 1 atom stereocenters. The number of carboxylic acid groups (broad SMARTS) is 1. The summed E-state index contributed by atoms with van der Waals surface area (Å²) in [7, 11) is -3.98. The first-order valence-electron chi connectivity index (χ1n) is 9.40. The van der Waals surface area contributed by atoms with E-state index in [9.17, 15) is 13.2 Å². The van der Waals surface area contributed by atoms with Crippen LogP contribution in [0, 0.1) is 26.2 Å². The number of hydrogen-bond acceptors (Lipinski definition) is 6. The molecule has 1 aliphatic rings. The minimum Gasteiger partial charge on any atom is -0.480 e. The summed E-state index contributed by atoms with van der Waals surface area (Å²) in [6.07, 6.45) is 0.611. The molecule has 2 rings (SSSR count). The number of nitrogens with one attached hydrogen (secondary N) is 3. The normalized spacial score (nSPS) is 15.7. The van der Waals surface area contributed by atoms with E-state index in [0.29, 0.717) is 24.2 Å². The average molecular weight is 463 g/mol. The van der Waals surface area contributed by atoms with Gasteiger partial charge in [-0.1, -0.05) is 0 Å². The number of sulfonamides is 1. The number of aliphatic carboxylic acids is 1. The molecule has 11 heteroatoms. The molecule has 0 aromatic heterocycles. The predicted octanol–water partition coefficient (Wildman–Crippen LogP) is 1.79. The summed E-state index contributed by atoms with van der Waals surface area (Å²) >= 11 is 0. The van der Waals surface area contributed by atoms with Gasteiger partial charge in [-0.2, -0.15) is 0 Å². The van der Waals surface area contributed by atoms with Crippen LogP contribution < -0.4 is 15.8 Å². The standard InChI is InChI=1S/C19H30N4O5S.ClH/c1-10-11(2)16(12(3)13-9-28-19(4,5)15(10)13)29(26,27)23-18(21)22-8-6-7-14(20)17(24)25;/h14H,6-9,20H2,1-5H3,(H,24,25)(H3,21,22,23);1H/t14-;/m0./s1. The lowest BCUT2D eigenvalue weighted by Gasteiger charge is -2.24. The Morgan fingerprint density at radius 2 is 1.87 bits per heavy atom. The number of carboxylic acids is 1. The molecule has 1 aromatic carbocycles. The van der Waals surface area contributed by atoms with Crippen molar-refractivity contribution in [3.8, 4) is 0 Å². The van der Waals surface area contributed by atoms with Crippen LogP contribution in [0.5, 0.6) is 0 Å². The molecule has 1 aliphatic heterocycles. The minimum absolute atomic E-state index is 0. The number of rotatable bonds is 7. The van der Waals surface area contributed by atoms with Crippen molar-refractivity contribution < 1.29 is 23.1 Å². The molecule has 0 fully saturated rings.